The third kappa shape index (κ3) is 6.80. The van der Waals surface area contributed by atoms with E-state index in [9.17, 15) is 9.59 Å². The molecule has 0 saturated heterocycles. The summed E-state index contributed by atoms with van der Waals surface area (Å²) in [5.41, 5.74) is 1.51. The third-order valence-corrected chi connectivity index (χ3v) is 5.03. The molecule has 0 aliphatic rings. The van der Waals surface area contributed by atoms with Gasteiger partial charge in [-0.05, 0) is 23.8 Å². The molecule has 9 nitrogen and oxygen atoms in total. The fourth-order valence-corrected chi connectivity index (χ4v) is 3.42. The van der Waals surface area contributed by atoms with E-state index in [1.807, 2.05) is 72.9 Å². The van der Waals surface area contributed by atoms with Crippen LogP contribution in [0.5, 0.6) is 5.75 Å². The molecular formula is C25H26N6O3. The Bertz CT molecular complexity index is 1180. The molecule has 0 radical (unpaired) electrons. The second kappa shape index (κ2) is 11.5. The molecule has 9 heteroatoms. The highest BCUT2D eigenvalue weighted by Gasteiger charge is 2.16. The lowest BCUT2D eigenvalue weighted by Crippen LogP contribution is -2.34. The maximum Gasteiger partial charge on any atom is 0.242 e. The second-order valence-corrected chi connectivity index (χ2v) is 7.65. The van der Waals surface area contributed by atoms with E-state index in [2.05, 4.69) is 20.8 Å². The van der Waals surface area contributed by atoms with E-state index >= 15 is 0 Å². The van der Waals surface area contributed by atoms with Gasteiger partial charge < -0.3 is 15.4 Å². The summed E-state index contributed by atoms with van der Waals surface area (Å²) in [5.74, 6) is 0.331. The summed E-state index contributed by atoms with van der Waals surface area (Å²) in [4.78, 5) is 24.9. The van der Waals surface area contributed by atoms with E-state index in [0.29, 0.717) is 12.2 Å². The van der Waals surface area contributed by atoms with Crippen LogP contribution in [0.4, 0.5) is 5.69 Å². The lowest BCUT2D eigenvalue weighted by molar-refractivity contribution is -0.122. The predicted molar refractivity (Wildman–Crippen MR) is 127 cm³/mol. The van der Waals surface area contributed by atoms with Crippen LogP contribution < -0.4 is 15.4 Å². The summed E-state index contributed by atoms with van der Waals surface area (Å²) in [6.45, 7) is 0.799. The molecule has 174 valence electrons. The first-order valence-corrected chi connectivity index (χ1v) is 11.0. The maximum atomic E-state index is 12.7. The highest BCUT2D eigenvalue weighted by Crippen LogP contribution is 2.15. The van der Waals surface area contributed by atoms with Crippen LogP contribution >= 0.6 is 0 Å². The average molecular weight is 459 g/mol. The van der Waals surface area contributed by atoms with Gasteiger partial charge in [-0.1, -0.05) is 48.5 Å². The van der Waals surface area contributed by atoms with Crippen molar-refractivity contribution in [1.82, 2.24) is 24.9 Å². The van der Waals surface area contributed by atoms with Crippen molar-refractivity contribution in [2.75, 3.05) is 11.9 Å². The van der Waals surface area contributed by atoms with Crippen molar-refractivity contribution in [1.29, 1.82) is 0 Å². The van der Waals surface area contributed by atoms with Crippen LogP contribution in [-0.2, 0) is 22.7 Å². The Morgan fingerprint density at radius 2 is 1.68 bits per heavy atom. The van der Waals surface area contributed by atoms with E-state index in [1.165, 1.54) is 10.9 Å². The van der Waals surface area contributed by atoms with Crippen molar-refractivity contribution >= 4 is 17.5 Å². The van der Waals surface area contributed by atoms with Gasteiger partial charge >= 0.3 is 0 Å². The summed E-state index contributed by atoms with van der Waals surface area (Å²) >= 11 is 0. The smallest absolute Gasteiger partial charge is 0.242 e. The van der Waals surface area contributed by atoms with E-state index in [1.54, 1.807) is 17.1 Å². The van der Waals surface area contributed by atoms with Crippen LogP contribution in [0.15, 0.2) is 91.5 Å². The van der Waals surface area contributed by atoms with Gasteiger partial charge in [0.25, 0.3) is 0 Å². The van der Waals surface area contributed by atoms with E-state index in [-0.39, 0.29) is 37.4 Å². The van der Waals surface area contributed by atoms with Crippen molar-refractivity contribution in [2.45, 2.75) is 25.6 Å². The summed E-state index contributed by atoms with van der Waals surface area (Å²) in [7, 11) is 0. The molecule has 1 atom stereocenters. The zero-order valence-corrected chi connectivity index (χ0v) is 18.6. The normalized spacial score (nSPS) is 11.5. The average Bonchev–Trinajstić information content (AvgIpc) is 3.52. The number of para-hydroxylation sites is 1. The number of ether oxygens (including phenoxy) is 1. The van der Waals surface area contributed by atoms with Crippen molar-refractivity contribution in [2.24, 2.45) is 0 Å². The number of amides is 2. The topological polar surface area (TPSA) is 103 Å². The molecule has 0 aliphatic carbocycles. The Hall–Kier alpha value is -4.40. The highest BCUT2D eigenvalue weighted by atomic mass is 16.5. The van der Waals surface area contributed by atoms with Crippen LogP contribution in [0.1, 0.15) is 18.0 Å². The van der Waals surface area contributed by atoms with Crippen molar-refractivity contribution in [3.8, 4) is 5.75 Å². The van der Waals surface area contributed by atoms with Gasteiger partial charge in [0, 0.05) is 18.6 Å². The largest absolute Gasteiger partial charge is 0.493 e. The van der Waals surface area contributed by atoms with Gasteiger partial charge in [0.2, 0.25) is 11.8 Å². The molecule has 2 aromatic heterocycles. The summed E-state index contributed by atoms with van der Waals surface area (Å²) in [5, 5.41) is 14.2. The number of hydrogen-bond donors (Lipinski definition) is 2. The molecule has 2 amide bonds. The van der Waals surface area contributed by atoms with Gasteiger partial charge in [-0.25, -0.2) is 0 Å². The number of rotatable bonds is 11. The minimum atomic E-state index is -0.243. The Kier molecular flexibility index (Phi) is 7.68. The first-order chi connectivity index (χ1) is 16.7. The van der Waals surface area contributed by atoms with Crippen molar-refractivity contribution in [3.63, 3.8) is 0 Å². The molecule has 0 spiro atoms. The monoisotopic (exact) mass is 458 g/mol. The van der Waals surface area contributed by atoms with Crippen LogP contribution in [0, 0.1) is 0 Å². The molecule has 2 heterocycles. The summed E-state index contributed by atoms with van der Waals surface area (Å²) in [6.07, 6.45) is 6.90. The second-order valence-electron chi connectivity index (χ2n) is 7.65. The van der Waals surface area contributed by atoms with Crippen LogP contribution in [0.25, 0.3) is 0 Å². The SMILES string of the molecule is O=C(CCOc1ccccc1)Nc1cnn(CC(=O)NC(Cn2cccn2)c2ccccc2)c1. The molecule has 4 aromatic rings. The van der Waals surface area contributed by atoms with Gasteiger partial charge in [0.15, 0.2) is 0 Å². The number of carbonyl (C=O) groups is 2. The number of hydrogen-bond acceptors (Lipinski definition) is 5. The third-order valence-electron chi connectivity index (χ3n) is 5.03. The molecule has 0 bridgehead atoms. The van der Waals surface area contributed by atoms with Crippen LogP contribution in [0.3, 0.4) is 0 Å². The molecule has 2 aromatic carbocycles. The molecule has 4 rings (SSSR count). The highest BCUT2D eigenvalue weighted by molar-refractivity contribution is 5.90. The lowest BCUT2D eigenvalue weighted by atomic mass is 10.1. The summed E-state index contributed by atoms with van der Waals surface area (Å²) in [6, 6.07) is 20.7. The predicted octanol–water partition coefficient (Wildman–Crippen LogP) is 3.04. The van der Waals surface area contributed by atoms with E-state index < -0.39 is 0 Å². The summed E-state index contributed by atoms with van der Waals surface area (Å²) < 4.78 is 8.81. The van der Waals surface area contributed by atoms with Gasteiger partial charge in [-0.3, -0.25) is 19.0 Å². The number of nitrogens with zero attached hydrogens (tertiary/aromatic N) is 4. The number of anilines is 1. The number of carbonyl (C=O) groups excluding carboxylic acids is 2. The Morgan fingerprint density at radius 1 is 0.912 bits per heavy atom. The molecule has 0 fully saturated rings. The van der Waals surface area contributed by atoms with Gasteiger partial charge in [-0.2, -0.15) is 10.2 Å². The zero-order valence-electron chi connectivity index (χ0n) is 18.6. The lowest BCUT2D eigenvalue weighted by Gasteiger charge is -2.19. The first kappa shape index (κ1) is 22.8. The number of nitrogens with one attached hydrogen (secondary N) is 2. The van der Waals surface area contributed by atoms with Gasteiger partial charge in [0.1, 0.15) is 12.3 Å². The van der Waals surface area contributed by atoms with Crippen LogP contribution in [0.2, 0.25) is 0 Å². The molecule has 0 saturated carbocycles. The minimum Gasteiger partial charge on any atom is -0.493 e. The number of aromatic nitrogens is 4. The van der Waals surface area contributed by atoms with Crippen molar-refractivity contribution < 1.29 is 14.3 Å². The van der Waals surface area contributed by atoms with Gasteiger partial charge in [-0.15, -0.1) is 0 Å². The number of benzene rings is 2. The quantitative estimate of drug-likeness (QED) is 0.360. The fourth-order valence-electron chi connectivity index (χ4n) is 3.42. The first-order valence-electron chi connectivity index (χ1n) is 11.0. The molecule has 0 aliphatic heterocycles. The zero-order chi connectivity index (χ0) is 23.6. The molecule has 1 unspecified atom stereocenters. The molecule has 34 heavy (non-hydrogen) atoms. The minimum absolute atomic E-state index is 0.0232. The van der Waals surface area contributed by atoms with Crippen molar-refractivity contribution in [3.05, 3.63) is 97.1 Å². The Balaban J connectivity index is 1.27. The van der Waals surface area contributed by atoms with Gasteiger partial charge in [0.05, 0.1) is 37.5 Å². The Labute approximate surface area is 197 Å². The maximum absolute atomic E-state index is 12.7. The molecule has 2 N–H and O–H groups in total. The van der Waals surface area contributed by atoms with E-state index in [0.717, 1.165) is 11.3 Å². The standard InChI is InChI=1S/C25H26N6O3/c32-24(12-15-34-22-10-5-2-6-11-22)28-21-16-27-31(17-21)19-25(33)29-23(18-30-14-7-13-26-30)20-8-3-1-4-9-20/h1-11,13-14,16-17,23H,12,15,18-19H2,(H,28,32)(H,29,33). The van der Waals surface area contributed by atoms with E-state index in [4.69, 9.17) is 4.74 Å². The Morgan fingerprint density at radius 3 is 2.41 bits per heavy atom. The fraction of sp³-hybridized carbons (Fsp3) is 0.200. The van der Waals surface area contributed by atoms with Crippen LogP contribution in [-0.4, -0.2) is 38.0 Å². The molecular weight excluding hydrogens is 432 g/mol.